The van der Waals surface area contributed by atoms with Gasteiger partial charge in [0.15, 0.2) is 5.41 Å². The van der Waals surface area contributed by atoms with Crippen molar-refractivity contribution in [3.05, 3.63) is 46.6 Å². The molecule has 0 amide bonds. The van der Waals surface area contributed by atoms with Crippen molar-refractivity contribution in [3.8, 4) is 0 Å². The summed E-state index contributed by atoms with van der Waals surface area (Å²) >= 11 is 6.27. The molecule has 3 N–H and O–H groups in total. The van der Waals surface area contributed by atoms with E-state index < -0.39 is 41.9 Å². The Balaban J connectivity index is 2.86. The van der Waals surface area contributed by atoms with E-state index in [1.807, 2.05) is 0 Å². The Labute approximate surface area is 160 Å². The van der Waals surface area contributed by atoms with E-state index in [9.17, 15) is 24.6 Å². The maximum Gasteiger partial charge on any atom is 0.335 e. The quantitative estimate of drug-likeness (QED) is 0.481. The van der Waals surface area contributed by atoms with E-state index in [4.69, 9.17) is 21.1 Å². The second kappa shape index (κ2) is 8.41. The van der Waals surface area contributed by atoms with Gasteiger partial charge in [0.2, 0.25) is 0 Å². The van der Waals surface area contributed by atoms with Crippen LogP contribution >= 0.6 is 11.6 Å². The second-order valence-electron chi connectivity index (χ2n) is 5.84. The first kappa shape index (κ1) is 20.7. The minimum absolute atomic E-state index is 0.0848. The minimum Gasteiger partial charge on any atom is -0.480 e. The third-order valence-electron chi connectivity index (χ3n) is 4.54. The number of halogens is 1. The van der Waals surface area contributed by atoms with Gasteiger partial charge < -0.3 is 25.0 Å². The number of carboxylic acid groups (broad SMARTS) is 1. The van der Waals surface area contributed by atoms with Gasteiger partial charge in [-0.2, -0.15) is 0 Å². The van der Waals surface area contributed by atoms with E-state index >= 15 is 0 Å². The fraction of sp³-hybridized carbons (Fsp3) is 0.389. The van der Waals surface area contributed by atoms with Crippen LogP contribution in [0, 0.1) is 5.41 Å². The smallest absolute Gasteiger partial charge is 0.335 e. The number of hydrogen-bond acceptors (Lipinski definition) is 7. The molecule has 9 heteroatoms. The topological polar surface area (TPSA) is 122 Å². The Hall–Kier alpha value is -2.58. The number of carboxylic acids is 1. The van der Waals surface area contributed by atoms with E-state index in [-0.39, 0.29) is 22.8 Å². The van der Waals surface area contributed by atoms with Crippen LogP contribution in [0.2, 0.25) is 5.02 Å². The van der Waals surface area contributed by atoms with Crippen LogP contribution in [0.5, 0.6) is 0 Å². The van der Waals surface area contributed by atoms with Crippen LogP contribution in [0.25, 0.3) is 0 Å². The summed E-state index contributed by atoms with van der Waals surface area (Å²) in [4.78, 5) is 37.7. The Kier molecular flexibility index (Phi) is 6.45. The highest BCUT2D eigenvalue weighted by atomic mass is 35.5. The third kappa shape index (κ3) is 3.38. The summed E-state index contributed by atoms with van der Waals surface area (Å²) < 4.78 is 9.80. The van der Waals surface area contributed by atoms with E-state index in [0.29, 0.717) is 0 Å². The number of hydrogen-bond donors (Lipinski definition) is 3. The summed E-state index contributed by atoms with van der Waals surface area (Å²) in [5, 5.41) is 22.7. The average molecular weight is 398 g/mol. The maximum atomic E-state index is 12.9. The highest BCUT2D eigenvalue weighted by molar-refractivity contribution is 6.31. The number of aliphatic carboxylic acids is 1. The van der Waals surface area contributed by atoms with Gasteiger partial charge in [-0.15, -0.1) is 0 Å². The number of ether oxygens (including phenoxy) is 2. The van der Waals surface area contributed by atoms with E-state index in [1.54, 1.807) is 12.1 Å². The molecule has 0 radical (unpaired) electrons. The van der Waals surface area contributed by atoms with Crippen molar-refractivity contribution in [3.63, 3.8) is 0 Å². The largest absolute Gasteiger partial charge is 0.480 e. The molecule has 1 aliphatic heterocycles. The number of nitrogens with one attached hydrogen (secondary N) is 1. The molecule has 0 saturated carbocycles. The van der Waals surface area contributed by atoms with Gasteiger partial charge >= 0.3 is 17.9 Å². The van der Waals surface area contributed by atoms with Crippen molar-refractivity contribution in [2.24, 2.45) is 5.41 Å². The minimum atomic E-state index is -2.34. The normalized spacial score (nSPS) is 24.4. The SMILES string of the molecule is CCOC(=O)C1(C(=O)O)C(CO)NC=C(C(=O)OC)C1c1ccccc1Cl. The van der Waals surface area contributed by atoms with Gasteiger partial charge in [-0.05, 0) is 18.6 Å². The number of carbonyl (C=O) groups excluding carboxylic acids is 2. The molecule has 27 heavy (non-hydrogen) atoms. The molecule has 0 fully saturated rings. The van der Waals surface area contributed by atoms with Gasteiger partial charge in [0.05, 0.1) is 31.9 Å². The lowest BCUT2D eigenvalue weighted by Gasteiger charge is -2.43. The second-order valence-corrected chi connectivity index (χ2v) is 6.25. The van der Waals surface area contributed by atoms with Crippen LogP contribution in [0.15, 0.2) is 36.0 Å². The monoisotopic (exact) mass is 397 g/mol. The lowest BCUT2D eigenvalue weighted by molar-refractivity contribution is -0.174. The molecule has 0 bridgehead atoms. The fourth-order valence-electron chi connectivity index (χ4n) is 3.34. The Morgan fingerprint density at radius 2 is 1.96 bits per heavy atom. The molecule has 0 aromatic heterocycles. The predicted octanol–water partition coefficient (Wildman–Crippen LogP) is 1.08. The van der Waals surface area contributed by atoms with Crippen molar-refractivity contribution in [1.29, 1.82) is 0 Å². The molecule has 0 saturated heterocycles. The molecular weight excluding hydrogens is 378 g/mol. The number of methoxy groups -OCH3 is 1. The van der Waals surface area contributed by atoms with Gasteiger partial charge in [0.1, 0.15) is 0 Å². The fourth-order valence-corrected chi connectivity index (χ4v) is 3.58. The lowest BCUT2D eigenvalue weighted by atomic mass is 9.62. The predicted molar refractivity (Wildman–Crippen MR) is 95.0 cm³/mol. The zero-order valence-corrected chi connectivity index (χ0v) is 15.5. The van der Waals surface area contributed by atoms with Crippen molar-refractivity contribution in [1.82, 2.24) is 5.32 Å². The van der Waals surface area contributed by atoms with Crippen molar-refractivity contribution >= 4 is 29.5 Å². The molecule has 1 aromatic carbocycles. The van der Waals surface area contributed by atoms with Crippen LogP contribution in [0.1, 0.15) is 18.4 Å². The first-order valence-electron chi connectivity index (χ1n) is 8.16. The zero-order chi connectivity index (χ0) is 20.2. The molecule has 3 atom stereocenters. The maximum absolute atomic E-state index is 12.9. The summed E-state index contributed by atoms with van der Waals surface area (Å²) in [6.07, 6.45) is 1.24. The molecule has 8 nitrogen and oxygen atoms in total. The van der Waals surface area contributed by atoms with Crippen molar-refractivity contribution in [2.75, 3.05) is 20.3 Å². The van der Waals surface area contributed by atoms with Gasteiger partial charge in [-0.3, -0.25) is 9.59 Å². The standard InChI is InChI=1S/C18H20ClNO7/c1-3-27-17(25)18(16(23)24)13(9-21)20-8-11(15(22)26-2)14(18)10-6-4-5-7-12(10)19/h4-8,13-14,20-21H,3,9H2,1-2H3,(H,23,24). The van der Waals surface area contributed by atoms with Crippen LogP contribution < -0.4 is 5.32 Å². The first-order valence-corrected chi connectivity index (χ1v) is 8.54. The highest BCUT2D eigenvalue weighted by Gasteiger charge is 2.63. The van der Waals surface area contributed by atoms with E-state index in [0.717, 1.165) is 7.11 Å². The number of esters is 2. The third-order valence-corrected chi connectivity index (χ3v) is 4.89. The molecule has 2 rings (SSSR count). The molecular formula is C18H20ClNO7. The number of aliphatic hydroxyl groups is 1. The van der Waals surface area contributed by atoms with Crippen molar-refractivity contribution in [2.45, 2.75) is 18.9 Å². The molecule has 1 heterocycles. The Morgan fingerprint density at radius 3 is 2.48 bits per heavy atom. The summed E-state index contributed by atoms with van der Waals surface area (Å²) in [5.41, 5.74) is -2.23. The number of aliphatic hydroxyl groups excluding tert-OH is 1. The average Bonchev–Trinajstić information content (AvgIpc) is 2.66. The lowest BCUT2D eigenvalue weighted by Crippen LogP contribution is -2.62. The number of carbonyl (C=O) groups is 3. The van der Waals surface area contributed by atoms with Crippen LogP contribution in [0.3, 0.4) is 0 Å². The summed E-state index contributed by atoms with van der Waals surface area (Å²) in [7, 11) is 1.14. The highest BCUT2D eigenvalue weighted by Crippen LogP contribution is 2.49. The Bertz CT molecular complexity index is 779. The zero-order valence-electron chi connectivity index (χ0n) is 14.8. The Morgan fingerprint density at radius 1 is 1.30 bits per heavy atom. The first-order chi connectivity index (χ1) is 12.9. The van der Waals surface area contributed by atoms with Gasteiger partial charge in [0.25, 0.3) is 0 Å². The van der Waals surface area contributed by atoms with Crippen LogP contribution in [-0.4, -0.2) is 54.5 Å². The summed E-state index contributed by atoms with van der Waals surface area (Å²) in [5.74, 6) is -4.83. The van der Waals surface area contributed by atoms with Crippen LogP contribution in [0.4, 0.5) is 0 Å². The van der Waals surface area contributed by atoms with Gasteiger partial charge in [-0.25, -0.2) is 4.79 Å². The molecule has 0 spiro atoms. The molecule has 3 unspecified atom stereocenters. The number of benzene rings is 1. The summed E-state index contributed by atoms with van der Waals surface area (Å²) in [6, 6.07) is 5.00. The van der Waals surface area contributed by atoms with E-state index in [2.05, 4.69) is 5.32 Å². The molecule has 1 aliphatic rings. The van der Waals surface area contributed by atoms with Crippen molar-refractivity contribution < 1.29 is 34.1 Å². The molecule has 1 aromatic rings. The molecule has 146 valence electrons. The molecule has 0 aliphatic carbocycles. The van der Waals surface area contributed by atoms with Gasteiger partial charge in [0, 0.05) is 17.1 Å². The summed E-state index contributed by atoms with van der Waals surface area (Å²) in [6.45, 7) is 0.745. The van der Waals surface area contributed by atoms with Crippen LogP contribution in [-0.2, 0) is 23.9 Å². The van der Waals surface area contributed by atoms with Gasteiger partial charge in [-0.1, -0.05) is 29.8 Å². The number of rotatable bonds is 6. The van der Waals surface area contributed by atoms with E-state index in [1.165, 1.54) is 25.3 Å².